The summed E-state index contributed by atoms with van der Waals surface area (Å²) in [5.74, 6) is 6.32. The van der Waals surface area contributed by atoms with Gasteiger partial charge in [0.15, 0.2) is 0 Å². The molecule has 0 heterocycles. The van der Waals surface area contributed by atoms with E-state index in [0.717, 1.165) is 231 Å². The smallest absolute Gasteiger partial charge is 0.309 e. The van der Waals surface area contributed by atoms with Gasteiger partial charge in [-0.1, -0.05) is 0 Å². The lowest BCUT2D eigenvalue weighted by Crippen LogP contribution is -2.73. The molecule has 15 heteroatoms. The lowest BCUT2D eigenvalue weighted by molar-refractivity contribution is -0.175. The zero-order valence-corrected chi connectivity index (χ0v) is 55.2. The largest absolute Gasteiger partial charge is 0.481 e. The number of hydrogen-bond acceptors (Lipinski definition) is 8. The zero-order chi connectivity index (χ0) is 62.1. The van der Waals surface area contributed by atoms with Crippen LogP contribution < -0.4 is 37.6 Å². The quantitative estimate of drug-likeness (QED) is 0.0874. The fraction of sp³-hybridized carbons (Fsp3) is 0.909. The third-order valence-electron chi connectivity index (χ3n) is 34.1. The first-order chi connectivity index (χ1) is 43.7. The summed E-state index contributed by atoms with van der Waals surface area (Å²) in [6.07, 6.45) is 38.5. The molecule has 28 atom stereocenters. The number of carbonyl (C=O) groups is 7. The summed E-state index contributed by atoms with van der Waals surface area (Å²) < 4.78 is 0. The Morgan fingerprint density at radius 3 is 0.554 bits per heavy atom. The average Bonchev–Trinajstić information content (AvgIpc) is 0.711. The third kappa shape index (κ3) is 8.10. The van der Waals surface area contributed by atoms with Crippen molar-refractivity contribution in [2.24, 2.45) is 126 Å². The van der Waals surface area contributed by atoms with Crippen LogP contribution in [-0.4, -0.2) is 85.3 Å². The molecule has 14 unspecified atom stereocenters. The molecule has 15 nitrogen and oxygen atoms in total. The van der Waals surface area contributed by atoms with Crippen LogP contribution in [0.4, 0.5) is 0 Å². The van der Waals surface area contributed by atoms with Gasteiger partial charge >= 0.3 is 5.97 Å². The summed E-state index contributed by atoms with van der Waals surface area (Å²) >= 11 is 0. The normalized spacial score (nSPS) is 58.7. The van der Waals surface area contributed by atoms with Crippen LogP contribution in [-0.2, 0) is 33.6 Å². The predicted octanol–water partition coefficient (Wildman–Crippen LogP) is 10.1. The monoisotopic (exact) mass is 1260 g/mol. The van der Waals surface area contributed by atoms with Crippen molar-refractivity contribution in [3.05, 3.63) is 0 Å². The molecule has 28 saturated carbocycles. The molecule has 92 heavy (non-hydrogen) atoms. The molecule has 6 amide bonds. The molecule has 28 rings (SSSR count). The van der Waals surface area contributed by atoms with E-state index in [1.54, 1.807) is 0 Å². The van der Waals surface area contributed by atoms with Gasteiger partial charge in [0.05, 0.1) is 37.9 Å². The molecule has 9 N–H and O–H groups in total. The van der Waals surface area contributed by atoms with Crippen LogP contribution in [0.3, 0.4) is 0 Å². The average molecular weight is 1260 g/mol. The van der Waals surface area contributed by atoms with Gasteiger partial charge in [-0.25, -0.2) is 0 Å². The Bertz CT molecular complexity index is 3270. The predicted molar refractivity (Wildman–Crippen MR) is 340 cm³/mol. The van der Waals surface area contributed by atoms with Gasteiger partial charge in [0.25, 0.3) is 0 Å². The van der Waals surface area contributed by atoms with Crippen molar-refractivity contribution < 1.29 is 38.7 Å². The number of nitrogens with two attached hydrogens (primary N) is 1. The second-order valence-electron chi connectivity index (χ2n) is 41.8. The maximum Gasteiger partial charge on any atom is 0.309 e. The van der Waals surface area contributed by atoms with Gasteiger partial charge in [0, 0.05) is 38.8 Å². The van der Waals surface area contributed by atoms with Crippen LogP contribution in [0, 0.1) is 121 Å². The number of nitrogens with one attached hydrogen (secondary N) is 6. The Balaban J connectivity index is 0.500. The van der Waals surface area contributed by atoms with Crippen LogP contribution >= 0.6 is 0 Å². The maximum absolute atomic E-state index is 15.8. The number of rotatable bonds is 13. The highest BCUT2D eigenvalue weighted by Gasteiger charge is 2.72. The molecule has 498 valence electrons. The zero-order valence-electron chi connectivity index (χ0n) is 55.2. The van der Waals surface area contributed by atoms with Crippen LogP contribution in [0.2, 0.25) is 0 Å². The van der Waals surface area contributed by atoms with Crippen molar-refractivity contribution in [2.75, 3.05) is 0 Å². The summed E-state index contributed by atoms with van der Waals surface area (Å²) in [4.78, 5) is 106. The minimum atomic E-state index is -0.714. The Morgan fingerprint density at radius 1 is 0.228 bits per heavy atom. The van der Waals surface area contributed by atoms with Crippen molar-refractivity contribution in [2.45, 2.75) is 308 Å². The minimum Gasteiger partial charge on any atom is -0.481 e. The van der Waals surface area contributed by atoms with Crippen LogP contribution in [0.25, 0.3) is 0 Å². The summed E-state index contributed by atoms with van der Waals surface area (Å²) in [6, 6.07) is 0. The van der Waals surface area contributed by atoms with Crippen LogP contribution in [0.5, 0.6) is 0 Å². The van der Waals surface area contributed by atoms with Crippen LogP contribution in [0.1, 0.15) is 270 Å². The van der Waals surface area contributed by atoms with E-state index in [0.29, 0.717) is 115 Å². The van der Waals surface area contributed by atoms with Gasteiger partial charge in [-0.2, -0.15) is 0 Å². The topological polar surface area (TPSA) is 238 Å². The van der Waals surface area contributed by atoms with E-state index in [1.807, 2.05) is 0 Å². The molecular formula is C77H107N7O8. The first-order valence-corrected chi connectivity index (χ1v) is 38.7. The van der Waals surface area contributed by atoms with E-state index in [9.17, 15) is 14.7 Å². The Morgan fingerprint density at radius 2 is 0.380 bits per heavy atom. The molecule has 0 saturated heterocycles. The van der Waals surface area contributed by atoms with Crippen molar-refractivity contribution >= 4 is 41.4 Å². The Hall–Kier alpha value is -3.75. The van der Waals surface area contributed by atoms with E-state index in [4.69, 9.17) is 5.73 Å². The molecule has 0 aromatic rings. The molecule has 28 aliphatic carbocycles. The highest BCUT2D eigenvalue weighted by Crippen LogP contribution is 2.71. The molecule has 0 aliphatic heterocycles. The van der Waals surface area contributed by atoms with Crippen molar-refractivity contribution in [1.29, 1.82) is 0 Å². The summed E-state index contributed by atoms with van der Waals surface area (Å²) in [6.45, 7) is 0. The van der Waals surface area contributed by atoms with Gasteiger partial charge in [-0.05, 0) is 353 Å². The third-order valence-corrected chi connectivity index (χ3v) is 34.1. The van der Waals surface area contributed by atoms with Gasteiger partial charge in [0.2, 0.25) is 35.4 Å². The summed E-state index contributed by atoms with van der Waals surface area (Å²) in [5.41, 5.74) is 0.655. The summed E-state index contributed by atoms with van der Waals surface area (Å²) in [7, 11) is 0. The number of carboxylic acids is 1. The molecule has 0 aromatic carbocycles. The molecular weight excluding hydrogens is 1150 g/mol. The molecule has 28 bridgehead atoms. The van der Waals surface area contributed by atoms with E-state index in [-0.39, 0.29) is 51.9 Å². The number of amides is 6. The number of aliphatic carboxylic acids is 1. The van der Waals surface area contributed by atoms with E-state index < -0.39 is 66.2 Å². The second-order valence-corrected chi connectivity index (χ2v) is 41.8. The van der Waals surface area contributed by atoms with E-state index in [2.05, 4.69) is 31.9 Å². The summed E-state index contributed by atoms with van der Waals surface area (Å²) in [5, 5.41) is 33.7. The molecule has 0 spiro atoms. The van der Waals surface area contributed by atoms with E-state index >= 15 is 24.0 Å². The van der Waals surface area contributed by atoms with Crippen molar-refractivity contribution in [1.82, 2.24) is 31.9 Å². The number of hydrogen-bond donors (Lipinski definition) is 8. The van der Waals surface area contributed by atoms with Crippen molar-refractivity contribution in [3.63, 3.8) is 0 Å². The fourth-order valence-corrected chi connectivity index (χ4v) is 34.9. The lowest BCUT2D eigenvalue weighted by Gasteiger charge is -2.66. The van der Waals surface area contributed by atoms with Gasteiger partial charge in [0.1, 0.15) is 0 Å². The number of carboxylic acid groups (broad SMARTS) is 1. The van der Waals surface area contributed by atoms with Gasteiger partial charge < -0.3 is 42.7 Å². The van der Waals surface area contributed by atoms with Crippen molar-refractivity contribution in [3.8, 4) is 0 Å². The first kappa shape index (κ1) is 57.3. The first-order valence-electron chi connectivity index (χ1n) is 38.7. The molecule has 28 aliphatic rings. The fourth-order valence-electron chi connectivity index (χ4n) is 34.9. The molecule has 0 radical (unpaired) electrons. The van der Waals surface area contributed by atoms with Gasteiger partial charge in [-0.15, -0.1) is 0 Å². The van der Waals surface area contributed by atoms with Gasteiger partial charge in [-0.3, -0.25) is 33.6 Å². The van der Waals surface area contributed by atoms with Crippen LogP contribution in [0.15, 0.2) is 0 Å². The number of carbonyl (C=O) groups excluding carboxylic acids is 6. The lowest BCUT2D eigenvalue weighted by atomic mass is 9.44. The Labute approximate surface area is 544 Å². The second kappa shape index (κ2) is 17.7. The maximum atomic E-state index is 15.8. The minimum absolute atomic E-state index is 0.139. The standard InChI is InChI=1S/C77H107N7O8/c78-71-22-43-1-44(23-71)9-64(8-43,36-71)57(85)79-72-24-45-2-46(25-72)11-65(10-45,37-72)58(86)80-73-26-47-3-48(27-73)13-66(12-47,38-73)59(87)81-74-28-49-4-50(29-74)15-67(14-49,39-74)60(88)82-75-30-51-5-52(31-75)17-68(16-51,40-75)61(89)83-76-32-53-6-54(33-76)19-69(18-53,41-76)62(90)84-77-34-55-7-56(35-77)21-70(20-55,42-77)63(91)92/h43-56H,1-42,78H2,(H,79,85)(H,80,86)(H,81,87)(H,82,88)(H,83,89)(H,84,90)(H,91,92)/t43-,44+,45-,46+,47-,48+,49-,50+,51-,52+,53-,54+,55-,56+,64?,65?,66?,67?,68?,69?,70?,71?,72?,73?,74?,75?,76?,77?. The molecule has 0 aromatic heterocycles. The molecule has 28 fully saturated rings. The highest BCUT2D eigenvalue weighted by atomic mass is 16.4. The Kier molecular flexibility index (Phi) is 11.1. The van der Waals surface area contributed by atoms with E-state index in [1.165, 1.54) is 6.42 Å². The SMILES string of the molecule is NC12C[C@H]3C[C@@H](C1)CC(C(=O)NC14C[C@H]5C[C@@H](C1)CC(C(=O)NC16C[C@H]7C[C@@H](C1)CC(C(=O)NC18C[C@H]9C[C@@H](C1)CC(C(=O)NC1%10C[C@H]%11C[C@@H](C1)CC(C(=O)NC1%12C[C@H]%13C[C@@H](C1)CC(C(=O)NC1%14C[C@H]%15C[C@@H](C1)CC(C(=O)O)(C%15)C%14)(C%13)C%12)(C%11)C%10)(C9)C8)(C7)C6)(C5)C4)(C3)C2. The highest BCUT2D eigenvalue weighted by molar-refractivity contribution is 5.90.